The lowest BCUT2D eigenvalue weighted by atomic mass is 9.86. The predicted molar refractivity (Wildman–Crippen MR) is 91.0 cm³/mol. The molecule has 1 saturated carbocycles. The molecule has 126 valence electrons. The summed E-state index contributed by atoms with van der Waals surface area (Å²) in [6.45, 7) is 4.66. The molecule has 0 saturated heterocycles. The Labute approximate surface area is 138 Å². The summed E-state index contributed by atoms with van der Waals surface area (Å²) in [7, 11) is 0. The third-order valence-electron chi connectivity index (χ3n) is 4.44. The second-order valence-electron chi connectivity index (χ2n) is 6.46. The summed E-state index contributed by atoms with van der Waals surface area (Å²) >= 11 is 0. The fourth-order valence-electron chi connectivity index (χ4n) is 2.90. The minimum Gasteiger partial charge on any atom is -0.352 e. The quantitative estimate of drug-likeness (QED) is 0.781. The van der Waals surface area contributed by atoms with E-state index in [9.17, 15) is 9.59 Å². The highest BCUT2D eigenvalue weighted by Crippen LogP contribution is 2.23. The van der Waals surface area contributed by atoms with E-state index in [-0.39, 0.29) is 24.5 Å². The summed E-state index contributed by atoms with van der Waals surface area (Å²) < 4.78 is 0. The van der Waals surface area contributed by atoms with Crippen LogP contribution in [0.5, 0.6) is 0 Å². The normalized spacial score (nSPS) is 20.6. The zero-order valence-corrected chi connectivity index (χ0v) is 14.0. The van der Waals surface area contributed by atoms with Gasteiger partial charge in [0.25, 0.3) is 0 Å². The molecule has 0 bridgehead atoms. The molecule has 0 spiro atoms. The summed E-state index contributed by atoms with van der Waals surface area (Å²) in [5.41, 5.74) is 2.22. The molecule has 5 heteroatoms. The lowest BCUT2D eigenvalue weighted by molar-refractivity contribution is -0.121. The Kier molecular flexibility index (Phi) is 6.44. The molecular formula is C18H27N3O2. The molecule has 0 radical (unpaired) electrons. The first-order valence-electron chi connectivity index (χ1n) is 8.41. The second-order valence-corrected chi connectivity index (χ2v) is 6.46. The Morgan fingerprint density at radius 3 is 2.48 bits per heavy atom. The Bertz CT molecular complexity index is 528. The van der Waals surface area contributed by atoms with Gasteiger partial charge in [-0.3, -0.25) is 4.79 Å². The maximum atomic E-state index is 11.9. The number of aryl methyl sites for hydroxylation is 1. The highest BCUT2D eigenvalue weighted by Gasteiger charge is 2.22. The van der Waals surface area contributed by atoms with Gasteiger partial charge in [0, 0.05) is 12.6 Å². The van der Waals surface area contributed by atoms with E-state index in [1.54, 1.807) is 0 Å². The smallest absolute Gasteiger partial charge is 0.315 e. The number of benzene rings is 1. The minimum atomic E-state index is -0.322. The van der Waals surface area contributed by atoms with Crippen LogP contribution < -0.4 is 16.0 Å². The molecule has 23 heavy (non-hydrogen) atoms. The molecule has 1 aromatic rings. The number of rotatable bonds is 5. The van der Waals surface area contributed by atoms with Crippen molar-refractivity contribution in [1.29, 1.82) is 0 Å². The van der Waals surface area contributed by atoms with Crippen molar-refractivity contribution in [3.63, 3.8) is 0 Å². The van der Waals surface area contributed by atoms with Crippen LogP contribution in [-0.2, 0) is 11.3 Å². The average Bonchev–Trinajstić information content (AvgIpc) is 2.54. The summed E-state index contributed by atoms with van der Waals surface area (Å²) in [4.78, 5) is 23.7. The van der Waals surface area contributed by atoms with Crippen LogP contribution in [0.4, 0.5) is 4.79 Å². The van der Waals surface area contributed by atoms with Crippen molar-refractivity contribution in [3.05, 3.63) is 35.4 Å². The van der Waals surface area contributed by atoms with Gasteiger partial charge in [0.1, 0.15) is 0 Å². The molecular weight excluding hydrogens is 290 g/mol. The van der Waals surface area contributed by atoms with E-state index in [4.69, 9.17) is 0 Å². The molecule has 3 N–H and O–H groups in total. The molecule has 0 heterocycles. The molecule has 1 aromatic carbocycles. The predicted octanol–water partition coefficient (Wildman–Crippen LogP) is 2.49. The van der Waals surface area contributed by atoms with Gasteiger partial charge in [0.15, 0.2) is 0 Å². The summed E-state index contributed by atoms with van der Waals surface area (Å²) in [6.07, 6.45) is 4.61. The van der Waals surface area contributed by atoms with Gasteiger partial charge in [0.05, 0.1) is 6.54 Å². The van der Waals surface area contributed by atoms with Crippen molar-refractivity contribution in [2.45, 2.75) is 52.1 Å². The maximum Gasteiger partial charge on any atom is 0.315 e. The van der Waals surface area contributed by atoms with Crippen molar-refractivity contribution in [2.24, 2.45) is 5.92 Å². The van der Waals surface area contributed by atoms with Crippen LogP contribution in [0.2, 0.25) is 0 Å². The average molecular weight is 317 g/mol. The first kappa shape index (κ1) is 17.3. The van der Waals surface area contributed by atoms with Gasteiger partial charge in [-0.1, -0.05) is 49.6 Å². The third kappa shape index (κ3) is 5.93. The molecule has 2 rings (SSSR count). The number of carbonyl (C=O) groups excluding carboxylic acids is 2. The lowest BCUT2D eigenvalue weighted by Gasteiger charge is -2.29. The van der Waals surface area contributed by atoms with Crippen molar-refractivity contribution in [2.75, 3.05) is 6.54 Å². The molecule has 0 aliphatic heterocycles. The number of hydrogen-bond donors (Lipinski definition) is 3. The van der Waals surface area contributed by atoms with Gasteiger partial charge in [0.2, 0.25) is 5.91 Å². The molecule has 1 fully saturated rings. The van der Waals surface area contributed by atoms with Crippen molar-refractivity contribution >= 4 is 11.9 Å². The SMILES string of the molecule is Cc1ccc(CNC(=O)NCC(=O)NC2CCCCC2C)cc1. The monoisotopic (exact) mass is 317 g/mol. The van der Waals surface area contributed by atoms with Gasteiger partial charge >= 0.3 is 6.03 Å². The number of urea groups is 1. The van der Waals surface area contributed by atoms with E-state index >= 15 is 0 Å². The largest absolute Gasteiger partial charge is 0.352 e. The Morgan fingerprint density at radius 1 is 1.09 bits per heavy atom. The van der Waals surface area contributed by atoms with Crippen LogP contribution in [0.15, 0.2) is 24.3 Å². The van der Waals surface area contributed by atoms with Crippen molar-refractivity contribution in [1.82, 2.24) is 16.0 Å². The summed E-state index contributed by atoms with van der Waals surface area (Å²) in [5, 5.41) is 8.39. The number of hydrogen-bond acceptors (Lipinski definition) is 2. The molecule has 2 unspecified atom stereocenters. The molecule has 3 amide bonds. The van der Waals surface area contributed by atoms with Crippen LogP contribution in [-0.4, -0.2) is 24.5 Å². The van der Waals surface area contributed by atoms with E-state index in [0.717, 1.165) is 18.4 Å². The van der Waals surface area contributed by atoms with Gasteiger partial charge < -0.3 is 16.0 Å². The highest BCUT2D eigenvalue weighted by atomic mass is 16.2. The Hall–Kier alpha value is -2.04. The van der Waals surface area contributed by atoms with Crippen LogP contribution >= 0.6 is 0 Å². The van der Waals surface area contributed by atoms with E-state index in [0.29, 0.717) is 12.5 Å². The zero-order valence-electron chi connectivity index (χ0n) is 14.0. The molecule has 1 aliphatic rings. The highest BCUT2D eigenvalue weighted by molar-refractivity contribution is 5.84. The minimum absolute atomic E-state index is 0.0168. The van der Waals surface area contributed by atoms with E-state index in [1.165, 1.54) is 18.4 Å². The fourth-order valence-corrected chi connectivity index (χ4v) is 2.90. The zero-order chi connectivity index (χ0) is 16.7. The fraction of sp³-hybridized carbons (Fsp3) is 0.556. The van der Waals surface area contributed by atoms with Gasteiger partial charge in [-0.2, -0.15) is 0 Å². The molecule has 1 aliphatic carbocycles. The van der Waals surface area contributed by atoms with E-state index in [2.05, 4.69) is 22.9 Å². The van der Waals surface area contributed by atoms with E-state index < -0.39 is 0 Å². The molecule has 2 atom stereocenters. The van der Waals surface area contributed by atoms with Crippen LogP contribution in [0.1, 0.15) is 43.7 Å². The van der Waals surface area contributed by atoms with Crippen molar-refractivity contribution < 1.29 is 9.59 Å². The van der Waals surface area contributed by atoms with Gasteiger partial charge in [-0.25, -0.2) is 4.79 Å². The number of amides is 3. The van der Waals surface area contributed by atoms with Crippen molar-refractivity contribution in [3.8, 4) is 0 Å². The number of nitrogens with one attached hydrogen (secondary N) is 3. The Balaban J connectivity index is 1.65. The number of carbonyl (C=O) groups is 2. The first-order chi connectivity index (χ1) is 11.0. The third-order valence-corrected chi connectivity index (χ3v) is 4.44. The lowest BCUT2D eigenvalue weighted by Crippen LogP contribution is -2.47. The van der Waals surface area contributed by atoms with E-state index in [1.807, 2.05) is 31.2 Å². The van der Waals surface area contributed by atoms with Gasteiger partial charge in [-0.05, 0) is 31.2 Å². The standard InChI is InChI=1S/C18H27N3O2/c1-13-7-9-15(10-8-13)11-19-18(23)20-12-17(22)21-16-6-4-3-5-14(16)2/h7-10,14,16H,3-6,11-12H2,1-2H3,(H,21,22)(H2,19,20,23). The van der Waals surface area contributed by atoms with Gasteiger partial charge in [-0.15, -0.1) is 0 Å². The molecule has 0 aromatic heterocycles. The summed E-state index contributed by atoms with van der Waals surface area (Å²) in [6, 6.07) is 7.90. The summed E-state index contributed by atoms with van der Waals surface area (Å²) in [5.74, 6) is 0.400. The van der Waals surface area contributed by atoms with Crippen LogP contribution in [0.25, 0.3) is 0 Å². The molecule has 5 nitrogen and oxygen atoms in total. The second kappa shape index (κ2) is 8.56. The maximum absolute atomic E-state index is 11.9. The van der Waals surface area contributed by atoms with Crippen LogP contribution in [0, 0.1) is 12.8 Å². The topological polar surface area (TPSA) is 70.2 Å². The first-order valence-corrected chi connectivity index (χ1v) is 8.41. The Morgan fingerprint density at radius 2 is 1.78 bits per heavy atom. The van der Waals surface area contributed by atoms with Crippen LogP contribution in [0.3, 0.4) is 0 Å².